The molecule has 0 aliphatic heterocycles. The van der Waals surface area contributed by atoms with Crippen molar-refractivity contribution in [2.45, 2.75) is 6.92 Å². The fourth-order valence-corrected chi connectivity index (χ4v) is 1.42. The molecule has 0 saturated heterocycles. The van der Waals surface area contributed by atoms with E-state index in [0.29, 0.717) is 5.56 Å². The minimum Gasteiger partial charge on any atom is -0.365 e. The van der Waals surface area contributed by atoms with Gasteiger partial charge in [0.05, 0.1) is 4.92 Å². The summed E-state index contributed by atoms with van der Waals surface area (Å²) >= 11 is 0. The van der Waals surface area contributed by atoms with Crippen molar-refractivity contribution < 1.29 is 9.45 Å². The molecule has 0 aliphatic rings. The summed E-state index contributed by atoms with van der Waals surface area (Å²) in [5.41, 5.74) is 6.04. The van der Waals surface area contributed by atoms with Crippen LogP contribution < -0.4 is 5.73 Å². The zero-order chi connectivity index (χ0) is 11.7. The maximum atomic E-state index is 10.9. The van der Waals surface area contributed by atoms with Crippen LogP contribution in [0.4, 0.5) is 11.6 Å². The predicted molar refractivity (Wildman–Crippen MR) is 55.5 cm³/mol. The Labute approximate surface area is 90.0 Å². The van der Waals surface area contributed by atoms with E-state index < -0.39 is 4.92 Å². The van der Waals surface area contributed by atoms with Gasteiger partial charge in [-0.3, -0.25) is 10.1 Å². The van der Waals surface area contributed by atoms with Crippen molar-refractivity contribution in [1.29, 1.82) is 0 Å². The third-order valence-electron chi connectivity index (χ3n) is 2.09. The van der Waals surface area contributed by atoms with E-state index in [-0.39, 0.29) is 23.1 Å². The van der Waals surface area contributed by atoms with Gasteiger partial charge in [-0.25, -0.2) is 0 Å². The van der Waals surface area contributed by atoms with Crippen LogP contribution in [0.3, 0.4) is 0 Å². The summed E-state index contributed by atoms with van der Waals surface area (Å²) in [7, 11) is 0. The number of nitrogen functional groups attached to an aromatic ring is 1. The van der Waals surface area contributed by atoms with Crippen molar-refractivity contribution in [3.8, 4) is 11.5 Å². The molecule has 0 bridgehead atoms. The van der Waals surface area contributed by atoms with Crippen LogP contribution in [0.15, 0.2) is 22.7 Å². The Bertz CT molecular complexity index is 549. The zero-order valence-corrected chi connectivity index (χ0v) is 8.38. The van der Waals surface area contributed by atoms with Gasteiger partial charge >= 0.3 is 0 Å². The number of benzene rings is 1. The van der Waals surface area contributed by atoms with E-state index in [9.17, 15) is 10.1 Å². The molecule has 2 rings (SSSR count). The maximum absolute atomic E-state index is 10.9. The summed E-state index contributed by atoms with van der Waals surface area (Å²) < 4.78 is 4.81. The molecule has 7 nitrogen and oxygen atoms in total. The Hall–Kier alpha value is -2.44. The highest BCUT2D eigenvalue weighted by molar-refractivity contribution is 5.69. The normalized spacial score (nSPS) is 10.3. The van der Waals surface area contributed by atoms with Crippen LogP contribution in [0.2, 0.25) is 0 Å². The lowest BCUT2D eigenvalue weighted by molar-refractivity contribution is -0.384. The summed E-state index contributed by atoms with van der Waals surface area (Å²) in [6, 6.07) is 4.86. The van der Waals surface area contributed by atoms with Gasteiger partial charge in [-0.1, -0.05) is 12.1 Å². The molecule has 16 heavy (non-hydrogen) atoms. The standard InChI is InChI=1S/C9H8N4O3/c1-5-3-2-4-6(7(5)13(14)15)8-11-9(10)12-16-8/h2-4H,1H3,(H2,10,12). The van der Waals surface area contributed by atoms with Crippen LogP contribution in [0.5, 0.6) is 0 Å². The van der Waals surface area contributed by atoms with Crippen molar-refractivity contribution in [3.63, 3.8) is 0 Å². The Kier molecular flexibility index (Phi) is 2.28. The van der Waals surface area contributed by atoms with Crippen molar-refractivity contribution in [2.75, 3.05) is 5.73 Å². The first-order chi connectivity index (χ1) is 7.59. The number of rotatable bonds is 2. The molecule has 0 saturated carbocycles. The maximum Gasteiger partial charge on any atom is 0.285 e. The topological polar surface area (TPSA) is 108 Å². The Morgan fingerprint density at radius 3 is 2.81 bits per heavy atom. The van der Waals surface area contributed by atoms with E-state index in [2.05, 4.69) is 10.1 Å². The van der Waals surface area contributed by atoms with Gasteiger partial charge in [0.2, 0.25) is 0 Å². The number of aryl methyl sites for hydroxylation is 1. The van der Waals surface area contributed by atoms with Gasteiger partial charge in [0.15, 0.2) is 0 Å². The van der Waals surface area contributed by atoms with Gasteiger partial charge < -0.3 is 10.3 Å². The quantitative estimate of drug-likeness (QED) is 0.607. The monoisotopic (exact) mass is 220 g/mol. The molecular formula is C9H8N4O3. The molecule has 0 aliphatic carbocycles. The Balaban J connectivity index is 2.65. The second-order valence-electron chi connectivity index (χ2n) is 3.19. The largest absolute Gasteiger partial charge is 0.365 e. The van der Waals surface area contributed by atoms with E-state index in [1.165, 1.54) is 6.07 Å². The van der Waals surface area contributed by atoms with Gasteiger partial charge in [-0.2, -0.15) is 4.98 Å². The predicted octanol–water partition coefficient (Wildman–Crippen LogP) is 1.54. The summed E-state index contributed by atoms with van der Waals surface area (Å²) in [5, 5.41) is 14.3. The highest BCUT2D eigenvalue weighted by Gasteiger charge is 2.22. The van der Waals surface area contributed by atoms with Crippen LogP contribution in [0.1, 0.15) is 5.56 Å². The van der Waals surface area contributed by atoms with Crippen LogP contribution in [-0.2, 0) is 0 Å². The molecular weight excluding hydrogens is 212 g/mol. The highest BCUT2D eigenvalue weighted by Crippen LogP contribution is 2.31. The summed E-state index contributed by atoms with van der Waals surface area (Å²) in [6.07, 6.45) is 0. The molecule has 0 radical (unpaired) electrons. The van der Waals surface area contributed by atoms with E-state index in [0.717, 1.165) is 0 Å². The van der Waals surface area contributed by atoms with E-state index in [1.807, 2.05) is 0 Å². The molecule has 2 N–H and O–H groups in total. The average Bonchev–Trinajstić information content (AvgIpc) is 2.63. The molecule has 1 aromatic carbocycles. The number of nitrogens with two attached hydrogens (primary N) is 1. The number of hydrogen-bond donors (Lipinski definition) is 1. The molecule has 0 spiro atoms. The third-order valence-corrected chi connectivity index (χ3v) is 2.09. The molecule has 0 fully saturated rings. The van der Waals surface area contributed by atoms with Crippen molar-refractivity contribution >= 4 is 11.6 Å². The second kappa shape index (κ2) is 3.61. The minimum atomic E-state index is -0.481. The molecule has 2 aromatic rings. The van der Waals surface area contributed by atoms with E-state index >= 15 is 0 Å². The second-order valence-corrected chi connectivity index (χ2v) is 3.19. The van der Waals surface area contributed by atoms with Gasteiger partial charge in [0.25, 0.3) is 17.5 Å². The van der Waals surface area contributed by atoms with Crippen LogP contribution in [0, 0.1) is 17.0 Å². The zero-order valence-electron chi connectivity index (χ0n) is 8.38. The number of aromatic nitrogens is 2. The fraction of sp³-hybridized carbons (Fsp3) is 0.111. The van der Waals surface area contributed by atoms with Crippen LogP contribution in [0.25, 0.3) is 11.5 Å². The fourth-order valence-electron chi connectivity index (χ4n) is 1.42. The van der Waals surface area contributed by atoms with Crippen molar-refractivity contribution in [3.05, 3.63) is 33.9 Å². The molecule has 0 atom stereocenters. The Morgan fingerprint density at radius 1 is 1.50 bits per heavy atom. The molecule has 1 aromatic heterocycles. The number of anilines is 1. The summed E-state index contributed by atoms with van der Waals surface area (Å²) in [6.45, 7) is 1.64. The summed E-state index contributed by atoms with van der Waals surface area (Å²) in [4.78, 5) is 14.2. The number of para-hydroxylation sites is 1. The lowest BCUT2D eigenvalue weighted by atomic mass is 10.1. The van der Waals surface area contributed by atoms with Gasteiger partial charge in [0.1, 0.15) is 5.56 Å². The van der Waals surface area contributed by atoms with Gasteiger partial charge in [-0.05, 0) is 18.1 Å². The molecule has 1 heterocycles. The first-order valence-corrected chi connectivity index (χ1v) is 4.43. The summed E-state index contributed by atoms with van der Waals surface area (Å²) in [5.74, 6) is -0.00120. The molecule has 0 amide bonds. The van der Waals surface area contributed by atoms with E-state index in [4.69, 9.17) is 10.3 Å². The van der Waals surface area contributed by atoms with E-state index in [1.54, 1.807) is 19.1 Å². The van der Waals surface area contributed by atoms with Gasteiger partial charge in [-0.15, -0.1) is 0 Å². The van der Waals surface area contributed by atoms with Crippen LogP contribution in [-0.4, -0.2) is 15.1 Å². The Morgan fingerprint density at radius 2 is 2.25 bits per heavy atom. The van der Waals surface area contributed by atoms with Crippen molar-refractivity contribution in [1.82, 2.24) is 10.1 Å². The number of nitrogens with zero attached hydrogens (tertiary/aromatic N) is 3. The number of nitro benzene ring substituents is 1. The minimum absolute atomic E-state index is 0.0490. The molecule has 7 heteroatoms. The number of hydrogen-bond acceptors (Lipinski definition) is 6. The third kappa shape index (κ3) is 1.58. The van der Waals surface area contributed by atoms with Gasteiger partial charge in [0, 0.05) is 5.56 Å². The lowest BCUT2D eigenvalue weighted by Gasteiger charge is -2.00. The number of nitro groups is 1. The first kappa shape index (κ1) is 10.1. The SMILES string of the molecule is Cc1cccc(-c2nc(N)no2)c1[N+](=O)[O-]. The molecule has 82 valence electrons. The first-order valence-electron chi connectivity index (χ1n) is 4.43. The average molecular weight is 220 g/mol. The highest BCUT2D eigenvalue weighted by atomic mass is 16.6. The lowest BCUT2D eigenvalue weighted by Crippen LogP contribution is -1.95. The van der Waals surface area contributed by atoms with Crippen LogP contribution >= 0.6 is 0 Å². The molecule has 0 unspecified atom stereocenters. The van der Waals surface area contributed by atoms with Crippen molar-refractivity contribution in [2.24, 2.45) is 0 Å². The smallest absolute Gasteiger partial charge is 0.285 e.